The number of carbonyl (C=O) groups excluding carboxylic acids is 2. The third kappa shape index (κ3) is 5.10. The van der Waals surface area contributed by atoms with Gasteiger partial charge in [-0.15, -0.1) is 0 Å². The van der Waals surface area contributed by atoms with Gasteiger partial charge in [-0.1, -0.05) is 18.2 Å². The first kappa shape index (κ1) is 16.5. The molecule has 6 heteroatoms. The van der Waals surface area contributed by atoms with Crippen molar-refractivity contribution < 1.29 is 18.7 Å². The number of nitrogens with two attached hydrogens (primary N) is 1. The molecule has 0 unspecified atom stereocenters. The normalized spacial score (nSPS) is 10.1. The van der Waals surface area contributed by atoms with E-state index in [0.29, 0.717) is 11.4 Å². The van der Waals surface area contributed by atoms with Crippen molar-refractivity contribution in [3.8, 4) is 5.75 Å². The highest BCUT2D eigenvalue weighted by atomic mass is 19.1. The van der Waals surface area contributed by atoms with Crippen LogP contribution in [0, 0.1) is 5.82 Å². The number of carbonyl (C=O) groups is 2. The predicted octanol–water partition coefficient (Wildman–Crippen LogP) is 2.11. The molecule has 0 heterocycles. The molecule has 0 spiro atoms. The van der Waals surface area contributed by atoms with Crippen LogP contribution in [0.2, 0.25) is 0 Å². The summed E-state index contributed by atoms with van der Waals surface area (Å²) in [6, 6.07) is 14.3. The van der Waals surface area contributed by atoms with Crippen LogP contribution >= 0.6 is 0 Å². The summed E-state index contributed by atoms with van der Waals surface area (Å²) >= 11 is 0. The first-order valence-electron chi connectivity index (χ1n) is 7.08. The minimum Gasteiger partial charge on any atom is -0.484 e. The van der Waals surface area contributed by atoms with Gasteiger partial charge in [-0.3, -0.25) is 9.59 Å². The van der Waals surface area contributed by atoms with Crippen LogP contribution in [-0.4, -0.2) is 25.0 Å². The van der Waals surface area contributed by atoms with E-state index in [4.69, 9.17) is 10.5 Å². The Labute approximate surface area is 133 Å². The zero-order valence-electron chi connectivity index (χ0n) is 12.4. The molecule has 120 valence electrons. The van der Waals surface area contributed by atoms with Crippen LogP contribution in [0.4, 0.5) is 10.1 Å². The highest BCUT2D eigenvalue weighted by molar-refractivity contribution is 5.95. The Hall–Kier alpha value is -2.89. The van der Waals surface area contributed by atoms with Gasteiger partial charge in [0.15, 0.2) is 6.61 Å². The van der Waals surface area contributed by atoms with Gasteiger partial charge in [0.2, 0.25) is 5.91 Å². The summed E-state index contributed by atoms with van der Waals surface area (Å²) in [4.78, 5) is 24.7. The lowest BCUT2D eigenvalue weighted by Crippen LogP contribution is -2.37. The fraction of sp³-hybridized carbons (Fsp3) is 0.176. The molecule has 2 amide bonds. The fourth-order valence-corrected chi connectivity index (χ4v) is 1.98. The Morgan fingerprint density at radius 3 is 2.30 bits per heavy atom. The van der Waals surface area contributed by atoms with Gasteiger partial charge >= 0.3 is 0 Å². The molecule has 0 radical (unpaired) electrons. The Bertz CT molecular complexity index is 659. The monoisotopic (exact) mass is 316 g/mol. The van der Waals surface area contributed by atoms with E-state index in [0.717, 1.165) is 0 Å². The van der Waals surface area contributed by atoms with Gasteiger partial charge in [0, 0.05) is 18.7 Å². The van der Waals surface area contributed by atoms with Crippen LogP contribution in [0.5, 0.6) is 5.75 Å². The molecule has 0 saturated carbocycles. The van der Waals surface area contributed by atoms with Gasteiger partial charge in [0.05, 0.1) is 0 Å². The summed E-state index contributed by atoms with van der Waals surface area (Å²) in [7, 11) is 0. The van der Waals surface area contributed by atoms with Crippen LogP contribution in [-0.2, 0) is 9.59 Å². The first-order chi connectivity index (χ1) is 11.1. The van der Waals surface area contributed by atoms with Crippen molar-refractivity contribution in [3.05, 3.63) is 60.4 Å². The molecule has 0 fully saturated rings. The van der Waals surface area contributed by atoms with E-state index < -0.39 is 11.7 Å². The molecule has 0 saturated heterocycles. The zero-order valence-corrected chi connectivity index (χ0v) is 12.4. The number of nitrogens with zero attached hydrogens (tertiary/aromatic N) is 1. The van der Waals surface area contributed by atoms with Gasteiger partial charge in [-0.2, -0.15) is 0 Å². The molecule has 2 rings (SSSR count). The van der Waals surface area contributed by atoms with Crippen molar-refractivity contribution in [2.45, 2.75) is 6.42 Å². The number of amides is 2. The highest BCUT2D eigenvalue weighted by Gasteiger charge is 2.17. The van der Waals surface area contributed by atoms with E-state index in [9.17, 15) is 14.0 Å². The third-order valence-electron chi connectivity index (χ3n) is 3.13. The number of rotatable bonds is 7. The van der Waals surface area contributed by atoms with Crippen molar-refractivity contribution in [3.63, 3.8) is 0 Å². The SMILES string of the molecule is NC(=O)CCN(C(=O)COc1ccccc1)c1ccc(F)cc1. The van der Waals surface area contributed by atoms with Gasteiger partial charge in [0.1, 0.15) is 11.6 Å². The van der Waals surface area contributed by atoms with E-state index in [-0.39, 0.29) is 25.5 Å². The predicted molar refractivity (Wildman–Crippen MR) is 84.5 cm³/mol. The number of para-hydroxylation sites is 1. The topological polar surface area (TPSA) is 72.6 Å². The summed E-state index contributed by atoms with van der Waals surface area (Å²) in [5.41, 5.74) is 5.62. The van der Waals surface area contributed by atoms with Crippen molar-refractivity contribution in [1.29, 1.82) is 0 Å². The Kier molecular flexibility index (Phi) is 5.68. The van der Waals surface area contributed by atoms with Crippen molar-refractivity contribution in [2.75, 3.05) is 18.1 Å². The smallest absolute Gasteiger partial charge is 0.264 e. The van der Waals surface area contributed by atoms with E-state index in [1.165, 1.54) is 29.2 Å². The summed E-state index contributed by atoms with van der Waals surface area (Å²) in [5.74, 6) is -0.706. The first-order valence-corrected chi connectivity index (χ1v) is 7.08. The quantitative estimate of drug-likeness (QED) is 0.850. The molecule has 0 aromatic heterocycles. The van der Waals surface area contributed by atoms with E-state index in [1.807, 2.05) is 6.07 Å². The van der Waals surface area contributed by atoms with E-state index in [2.05, 4.69) is 0 Å². The average molecular weight is 316 g/mol. The molecular weight excluding hydrogens is 299 g/mol. The number of hydrogen-bond acceptors (Lipinski definition) is 3. The third-order valence-corrected chi connectivity index (χ3v) is 3.13. The second-order valence-corrected chi connectivity index (χ2v) is 4.84. The van der Waals surface area contributed by atoms with Crippen LogP contribution < -0.4 is 15.4 Å². The molecule has 0 aliphatic carbocycles. The van der Waals surface area contributed by atoms with Crippen LogP contribution in [0.3, 0.4) is 0 Å². The Balaban J connectivity index is 2.07. The van der Waals surface area contributed by atoms with Gasteiger partial charge in [-0.25, -0.2) is 4.39 Å². The Morgan fingerprint density at radius 2 is 1.70 bits per heavy atom. The number of halogens is 1. The minimum atomic E-state index is -0.520. The maximum absolute atomic E-state index is 13.0. The maximum atomic E-state index is 13.0. The van der Waals surface area contributed by atoms with Crippen LogP contribution in [0.1, 0.15) is 6.42 Å². The number of benzene rings is 2. The number of primary amides is 1. The van der Waals surface area contributed by atoms with Crippen LogP contribution in [0.15, 0.2) is 54.6 Å². The second kappa shape index (κ2) is 7.93. The molecule has 0 bridgehead atoms. The highest BCUT2D eigenvalue weighted by Crippen LogP contribution is 2.16. The number of ether oxygens (including phenoxy) is 1. The summed E-state index contributed by atoms with van der Waals surface area (Å²) in [6.45, 7) is -0.0852. The van der Waals surface area contributed by atoms with Crippen LogP contribution in [0.25, 0.3) is 0 Å². The lowest BCUT2D eigenvalue weighted by atomic mass is 10.2. The molecule has 23 heavy (non-hydrogen) atoms. The zero-order chi connectivity index (χ0) is 16.7. The molecule has 2 N–H and O–H groups in total. The van der Waals surface area contributed by atoms with Crippen molar-refractivity contribution in [1.82, 2.24) is 0 Å². The molecule has 5 nitrogen and oxygen atoms in total. The lowest BCUT2D eigenvalue weighted by molar-refractivity contribution is -0.120. The standard InChI is InChI=1S/C17H17FN2O3/c18-13-6-8-14(9-7-13)20(11-10-16(19)21)17(22)12-23-15-4-2-1-3-5-15/h1-9H,10-12H2,(H2,19,21). The molecule has 0 aliphatic rings. The number of anilines is 1. The molecule has 2 aromatic carbocycles. The van der Waals surface area contributed by atoms with E-state index in [1.54, 1.807) is 24.3 Å². The summed E-state index contributed by atoms with van der Waals surface area (Å²) in [5, 5.41) is 0. The Morgan fingerprint density at radius 1 is 1.04 bits per heavy atom. The number of hydrogen-bond donors (Lipinski definition) is 1. The van der Waals surface area contributed by atoms with Crippen molar-refractivity contribution in [2.24, 2.45) is 5.73 Å². The molecular formula is C17H17FN2O3. The average Bonchev–Trinajstić information content (AvgIpc) is 2.55. The summed E-state index contributed by atoms with van der Waals surface area (Å²) < 4.78 is 18.5. The molecule has 0 atom stereocenters. The minimum absolute atomic E-state index is 0.00839. The van der Waals surface area contributed by atoms with Gasteiger partial charge < -0.3 is 15.4 Å². The fourth-order valence-electron chi connectivity index (χ4n) is 1.98. The molecule has 0 aliphatic heterocycles. The summed E-state index contributed by atoms with van der Waals surface area (Å²) in [6.07, 6.45) is 0.00839. The van der Waals surface area contributed by atoms with Gasteiger partial charge in [-0.05, 0) is 36.4 Å². The largest absolute Gasteiger partial charge is 0.484 e. The maximum Gasteiger partial charge on any atom is 0.264 e. The lowest BCUT2D eigenvalue weighted by Gasteiger charge is -2.22. The van der Waals surface area contributed by atoms with E-state index >= 15 is 0 Å². The molecule has 2 aromatic rings. The van der Waals surface area contributed by atoms with Crippen molar-refractivity contribution >= 4 is 17.5 Å². The second-order valence-electron chi connectivity index (χ2n) is 4.84. The van der Waals surface area contributed by atoms with Gasteiger partial charge in [0.25, 0.3) is 5.91 Å².